The average molecular weight is 301 g/mol. The molecule has 0 fully saturated rings. The summed E-state index contributed by atoms with van der Waals surface area (Å²) >= 11 is 0. The Balaban J connectivity index is 2.03. The first kappa shape index (κ1) is 16.6. The van der Waals surface area contributed by atoms with E-state index in [0.29, 0.717) is 18.3 Å². The molecule has 22 heavy (non-hydrogen) atoms. The van der Waals surface area contributed by atoms with Gasteiger partial charge in [0.05, 0.1) is 0 Å². The number of H-pyrrole nitrogens is 1. The SMILES string of the molecule is CCN(CCNC(=O)c1cc2c(C)cc(C)cc2[nH]1)C(C)C. The van der Waals surface area contributed by atoms with Crippen LogP contribution in [0.25, 0.3) is 10.9 Å². The number of aryl methyl sites for hydroxylation is 2. The molecule has 4 heteroatoms. The summed E-state index contributed by atoms with van der Waals surface area (Å²) in [5.74, 6) is -0.0342. The zero-order valence-corrected chi connectivity index (χ0v) is 14.3. The Morgan fingerprint density at radius 3 is 2.64 bits per heavy atom. The van der Waals surface area contributed by atoms with Gasteiger partial charge in [0.15, 0.2) is 0 Å². The van der Waals surface area contributed by atoms with Gasteiger partial charge in [-0.3, -0.25) is 9.69 Å². The van der Waals surface area contributed by atoms with Gasteiger partial charge in [-0.2, -0.15) is 0 Å². The fourth-order valence-corrected chi connectivity index (χ4v) is 2.91. The number of carbonyl (C=O) groups is 1. The lowest BCUT2D eigenvalue weighted by atomic mass is 10.1. The number of nitrogens with zero attached hydrogens (tertiary/aromatic N) is 1. The third-order valence-corrected chi connectivity index (χ3v) is 4.15. The summed E-state index contributed by atoms with van der Waals surface area (Å²) in [5.41, 5.74) is 4.06. The van der Waals surface area contributed by atoms with Crippen LogP contribution in [0.1, 0.15) is 42.4 Å². The van der Waals surface area contributed by atoms with Crippen LogP contribution in [-0.4, -0.2) is 41.5 Å². The fourth-order valence-electron chi connectivity index (χ4n) is 2.91. The maximum absolute atomic E-state index is 12.3. The summed E-state index contributed by atoms with van der Waals surface area (Å²) < 4.78 is 0. The molecule has 120 valence electrons. The molecule has 0 saturated carbocycles. The van der Waals surface area contributed by atoms with Crippen molar-refractivity contribution in [1.82, 2.24) is 15.2 Å². The van der Waals surface area contributed by atoms with E-state index in [0.717, 1.165) is 24.0 Å². The average Bonchev–Trinajstić information content (AvgIpc) is 2.87. The van der Waals surface area contributed by atoms with E-state index in [4.69, 9.17) is 0 Å². The molecule has 0 aliphatic rings. The zero-order valence-electron chi connectivity index (χ0n) is 14.3. The van der Waals surface area contributed by atoms with E-state index < -0.39 is 0 Å². The maximum atomic E-state index is 12.3. The van der Waals surface area contributed by atoms with Crippen LogP contribution in [0.3, 0.4) is 0 Å². The second-order valence-corrected chi connectivity index (χ2v) is 6.20. The quantitative estimate of drug-likeness (QED) is 0.860. The Kier molecular flexibility index (Phi) is 5.24. The molecule has 0 spiro atoms. The van der Waals surface area contributed by atoms with Gasteiger partial charge < -0.3 is 10.3 Å². The molecule has 1 amide bonds. The van der Waals surface area contributed by atoms with E-state index in [1.165, 1.54) is 11.1 Å². The smallest absolute Gasteiger partial charge is 0.267 e. The highest BCUT2D eigenvalue weighted by atomic mass is 16.1. The predicted octanol–water partition coefficient (Wildman–Crippen LogP) is 3.24. The van der Waals surface area contributed by atoms with Crippen molar-refractivity contribution in [3.8, 4) is 0 Å². The standard InChI is InChI=1S/C18H27N3O/c1-6-21(12(2)3)8-7-19-18(22)17-11-15-14(5)9-13(4)10-16(15)20-17/h9-12,20H,6-8H2,1-5H3,(H,19,22). The molecule has 1 aromatic heterocycles. The highest BCUT2D eigenvalue weighted by Crippen LogP contribution is 2.21. The lowest BCUT2D eigenvalue weighted by molar-refractivity contribution is 0.0941. The van der Waals surface area contributed by atoms with Gasteiger partial charge in [0, 0.05) is 30.0 Å². The van der Waals surface area contributed by atoms with Crippen molar-refractivity contribution in [1.29, 1.82) is 0 Å². The van der Waals surface area contributed by atoms with E-state index in [-0.39, 0.29) is 5.91 Å². The number of hydrogen-bond acceptors (Lipinski definition) is 2. The van der Waals surface area contributed by atoms with Gasteiger partial charge in [0.1, 0.15) is 5.69 Å². The normalized spacial score (nSPS) is 11.6. The molecule has 0 saturated heterocycles. The van der Waals surface area contributed by atoms with Gasteiger partial charge in [-0.05, 0) is 57.5 Å². The first-order valence-electron chi connectivity index (χ1n) is 8.04. The summed E-state index contributed by atoms with van der Waals surface area (Å²) in [5, 5.41) is 4.12. The second kappa shape index (κ2) is 6.97. The van der Waals surface area contributed by atoms with Gasteiger partial charge in [0.25, 0.3) is 5.91 Å². The van der Waals surface area contributed by atoms with Crippen LogP contribution in [0, 0.1) is 13.8 Å². The first-order chi connectivity index (χ1) is 10.4. The van der Waals surface area contributed by atoms with Gasteiger partial charge in [-0.25, -0.2) is 0 Å². The number of benzene rings is 1. The van der Waals surface area contributed by atoms with Gasteiger partial charge >= 0.3 is 0 Å². The zero-order chi connectivity index (χ0) is 16.3. The Hall–Kier alpha value is -1.81. The minimum absolute atomic E-state index is 0.0342. The molecule has 0 unspecified atom stereocenters. The molecule has 4 nitrogen and oxygen atoms in total. The topological polar surface area (TPSA) is 48.1 Å². The van der Waals surface area contributed by atoms with Gasteiger partial charge in [-0.15, -0.1) is 0 Å². The lowest BCUT2D eigenvalue weighted by Gasteiger charge is -2.24. The number of likely N-dealkylation sites (N-methyl/N-ethyl adjacent to an activating group) is 1. The van der Waals surface area contributed by atoms with Crippen molar-refractivity contribution in [2.45, 2.75) is 40.7 Å². The molecule has 0 atom stereocenters. The molecule has 0 radical (unpaired) electrons. The largest absolute Gasteiger partial charge is 0.351 e. The van der Waals surface area contributed by atoms with Crippen LogP contribution in [-0.2, 0) is 0 Å². The van der Waals surface area contributed by atoms with Crippen LogP contribution in [0.15, 0.2) is 18.2 Å². The number of aromatic amines is 1. The van der Waals surface area contributed by atoms with Gasteiger partial charge in [-0.1, -0.05) is 13.0 Å². The van der Waals surface area contributed by atoms with Gasteiger partial charge in [0.2, 0.25) is 0 Å². The van der Waals surface area contributed by atoms with Crippen LogP contribution in [0.2, 0.25) is 0 Å². The monoisotopic (exact) mass is 301 g/mol. The molecule has 0 aliphatic carbocycles. The van der Waals surface area contributed by atoms with Crippen molar-refractivity contribution in [3.05, 3.63) is 35.0 Å². The highest BCUT2D eigenvalue weighted by Gasteiger charge is 2.12. The maximum Gasteiger partial charge on any atom is 0.267 e. The van der Waals surface area contributed by atoms with E-state index in [1.54, 1.807) is 0 Å². The Morgan fingerprint density at radius 1 is 1.27 bits per heavy atom. The minimum Gasteiger partial charge on any atom is -0.351 e. The summed E-state index contributed by atoms with van der Waals surface area (Å²) in [6.07, 6.45) is 0. The summed E-state index contributed by atoms with van der Waals surface area (Å²) in [4.78, 5) is 17.8. The van der Waals surface area contributed by atoms with E-state index >= 15 is 0 Å². The van der Waals surface area contributed by atoms with Crippen molar-refractivity contribution in [2.24, 2.45) is 0 Å². The van der Waals surface area contributed by atoms with Crippen molar-refractivity contribution >= 4 is 16.8 Å². The highest BCUT2D eigenvalue weighted by molar-refractivity contribution is 5.98. The number of amides is 1. The Labute approximate surface area is 132 Å². The third-order valence-electron chi connectivity index (χ3n) is 4.15. The molecule has 1 aromatic carbocycles. The van der Waals surface area contributed by atoms with E-state index in [1.807, 2.05) is 6.07 Å². The second-order valence-electron chi connectivity index (χ2n) is 6.20. The molecule has 2 aromatic rings. The lowest BCUT2D eigenvalue weighted by Crippen LogP contribution is -2.38. The minimum atomic E-state index is -0.0342. The molecule has 1 heterocycles. The number of rotatable bonds is 6. The predicted molar refractivity (Wildman–Crippen MR) is 92.5 cm³/mol. The first-order valence-corrected chi connectivity index (χ1v) is 8.04. The van der Waals surface area contributed by atoms with Crippen LogP contribution in [0.4, 0.5) is 0 Å². The summed E-state index contributed by atoms with van der Waals surface area (Å²) in [7, 11) is 0. The molecular formula is C18H27N3O. The van der Waals surface area contributed by atoms with Crippen molar-refractivity contribution in [2.75, 3.05) is 19.6 Å². The van der Waals surface area contributed by atoms with Crippen LogP contribution >= 0.6 is 0 Å². The third kappa shape index (κ3) is 3.69. The molecule has 2 N–H and O–H groups in total. The number of aromatic nitrogens is 1. The molecule has 0 aliphatic heterocycles. The number of nitrogens with one attached hydrogen (secondary N) is 2. The van der Waals surface area contributed by atoms with E-state index in [9.17, 15) is 4.79 Å². The number of fused-ring (bicyclic) bond motifs is 1. The number of carbonyl (C=O) groups excluding carboxylic acids is 1. The van der Waals surface area contributed by atoms with E-state index in [2.05, 4.69) is 62.0 Å². The van der Waals surface area contributed by atoms with Crippen LogP contribution in [0.5, 0.6) is 0 Å². The summed E-state index contributed by atoms with van der Waals surface area (Å²) in [6.45, 7) is 13.2. The molecule has 0 bridgehead atoms. The Bertz CT molecular complexity index is 658. The number of hydrogen-bond donors (Lipinski definition) is 2. The summed E-state index contributed by atoms with van der Waals surface area (Å²) in [6, 6.07) is 6.66. The molecule has 2 rings (SSSR count). The van der Waals surface area contributed by atoms with Crippen LogP contribution < -0.4 is 5.32 Å². The molecular weight excluding hydrogens is 274 g/mol. The Morgan fingerprint density at radius 2 is 2.00 bits per heavy atom. The fraction of sp³-hybridized carbons (Fsp3) is 0.500. The van der Waals surface area contributed by atoms with Crippen molar-refractivity contribution in [3.63, 3.8) is 0 Å². The van der Waals surface area contributed by atoms with Crippen molar-refractivity contribution < 1.29 is 4.79 Å².